The van der Waals surface area contributed by atoms with Crippen LogP contribution < -0.4 is 9.62 Å². The van der Waals surface area contributed by atoms with Crippen molar-refractivity contribution in [2.24, 2.45) is 0 Å². The van der Waals surface area contributed by atoms with Gasteiger partial charge in [0.1, 0.15) is 12.6 Å². The van der Waals surface area contributed by atoms with Crippen molar-refractivity contribution >= 4 is 39.1 Å². The quantitative estimate of drug-likeness (QED) is 0.449. The number of nitrogens with one attached hydrogen (secondary N) is 1. The van der Waals surface area contributed by atoms with Crippen LogP contribution >= 0.6 is 11.6 Å². The lowest BCUT2D eigenvalue weighted by atomic mass is 10.1. The molecule has 0 spiro atoms. The van der Waals surface area contributed by atoms with Crippen molar-refractivity contribution in [2.45, 2.75) is 38.3 Å². The highest BCUT2D eigenvalue weighted by atomic mass is 35.5. The van der Waals surface area contributed by atoms with E-state index < -0.39 is 28.5 Å². The van der Waals surface area contributed by atoms with Gasteiger partial charge >= 0.3 is 0 Å². The van der Waals surface area contributed by atoms with Gasteiger partial charge in [0.2, 0.25) is 11.8 Å². The summed E-state index contributed by atoms with van der Waals surface area (Å²) in [5.74, 6) is -0.877. The fourth-order valence-electron chi connectivity index (χ4n) is 3.75. The van der Waals surface area contributed by atoms with Crippen LogP contribution in [0.25, 0.3) is 0 Å². The predicted octanol–water partition coefficient (Wildman–Crippen LogP) is 4.32. The van der Waals surface area contributed by atoms with Gasteiger partial charge in [-0.25, -0.2) is 8.42 Å². The molecule has 0 aliphatic carbocycles. The van der Waals surface area contributed by atoms with Crippen molar-refractivity contribution in [3.8, 4) is 0 Å². The fraction of sp³-hybridized carbons (Fsp3) is 0.259. The molecule has 1 N–H and O–H groups in total. The molecule has 2 amide bonds. The van der Waals surface area contributed by atoms with Crippen molar-refractivity contribution in [3.63, 3.8) is 0 Å². The molecule has 0 aliphatic heterocycles. The van der Waals surface area contributed by atoms with Crippen molar-refractivity contribution in [1.29, 1.82) is 0 Å². The van der Waals surface area contributed by atoms with Crippen LogP contribution in [0.4, 0.5) is 5.69 Å². The number of hydrogen-bond acceptors (Lipinski definition) is 4. The molecule has 7 nitrogen and oxygen atoms in total. The Hall–Kier alpha value is -3.36. The van der Waals surface area contributed by atoms with E-state index in [0.717, 1.165) is 21.0 Å². The third-order valence-corrected chi connectivity index (χ3v) is 8.26. The van der Waals surface area contributed by atoms with Crippen LogP contribution in [0.3, 0.4) is 0 Å². The summed E-state index contributed by atoms with van der Waals surface area (Å²) in [6.45, 7) is 4.98. The van der Waals surface area contributed by atoms with E-state index in [1.54, 1.807) is 37.3 Å². The summed E-state index contributed by atoms with van der Waals surface area (Å²) in [6, 6.07) is 19.5. The van der Waals surface area contributed by atoms with Gasteiger partial charge in [0, 0.05) is 18.6 Å². The molecule has 3 rings (SSSR count). The molecule has 0 heterocycles. The van der Waals surface area contributed by atoms with Gasteiger partial charge in [0.15, 0.2) is 0 Å². The van der Waals surface area contributed by atoms with Crippen LogP contribution in [-0.2, 0) is 26.2 Å². The average Bonchev–Trinajstić information content (AvgIpc) is 2.87. The maximum atomic E-state index is 13.7. The van der Waals surface area contributed by atoms with Gasteiger partial charge in [-0.2, -0.15) is 0 Å². The molecule has 0 radical (unpaired) electrons. The Kier molecular flexibility index (Phi) is 8.76. The van der Waals surface area contributed by atoms with E-state index in [1.165, 1.54) is 30.1 Å². The zero-order chi connectivity index (χ0) is 26.5. The van der Waals surface area contributed by atoms with Crippen molar-refractivity contribution in [2.75, 3.05) is 17.9 Å². The van der Waals surface area contributed by atoms with Gasteiger partial charge in [0.25, 0.3) is 10.0 Å². The molecule has 36 heavy (non-hydrogen) atoms. The Morgan fingerprint density at radius 3 is 2.19 bits per heavy atom. The summed E-state index contributed by atoms with van der Waals surface area (Å²) in [5, 5.41) is 2.95. The number of carbonyl (C=O) groups excluding carboxylic acids is 2. The molecule has 9 heteroatoms. The minimum Gasteiger partial charge on any atom is -0.357 e. The molecule has 0 unspecified atom stereocenters. The van der Waals surface area contributed by atoms with Crippen LogP contribution in [0, 0.1) is 13.8 Å². The Bertz CT molecular complexity index is 1350. The molecule has 3 aromatic carbocycles. The van der Waals surface area contributed by atoms with Crippen LogP contribution in [0.1, 0.15) is 23.6 Å². The molecule has 0 fully saturated rings. The third kappa shape index (κ3) is 6.06. The molecule has 0 aliphatic rings. The standard InChI is InChI=1S/C27H30ClN3O4S/c1-19-10-8-9-11-22(19)17-30(21(3)27(33)29-4)26(32)18-31(23-15-14-20(2)25(28)16-23)36(34,35)24-12-6-5-7-13-24/h5-16,21H,17-18H2,1-4H3,(H,29,33)/t21-/m0/s1. The highest BCUT2D eigenvalue weighted by molar-refractivity contribution is 7.92. The van der Waals surface area contributed by atoms with E-state index in [0.29, 0.717) is 5.02 Å². The number of carbonyl (C=O) groups is 2. The van der Waals surface area contributed by atoms with Gasteiger partial charge in [-0.3, -0.25) is 13.9 Å². The maximum Gasteiger partial charge on any atom is 0.264 e. The number of likely N-dealkylation sites (N-methyl/N-ethyl adjacent to an activating group) is 1. The average molecular weight is 528 g/mol. The first-order valence-corrected chi connectivity index (χ1v) is 13.3. The molecule has 0 aromatic heterocycles. The minimum absolute atomic E-state index is 0.0410. The largest absolute Gasteiger partial charge is 0.357 e. The van der Waals surface area contributed by atoms with E-state index in [2.05, 4.69) is 5.32 Å². The van der Waals surface area contributed by atoms with Gasteiger partial charge in [-0.1, -0.05) is 60.1 Å². The summed E-state index contributed by atoms with van der Waals surface area (Å²) in [7, 11) is -2.62. The van der Waals surface area contributed by atoms with Crippen LogP contribution in [0.15, 0.2) is 77.7 Å². The van der Waals surface area contributed by atoms with E-state index in [1.807, 2.05) is 38.1 Å². The topological polar surface area (TPSA) is 86.8 Å². The van der Waals surface area contributed by atoms with E-state index in [9.17, 15) is 18.0 Å². The molecule has 190 valence electrons. The molecule has 0 bridgehead atoms. The predicted molar refractivity (Wildman–Crippen MR) is 142 cm³/mol. The first-order valence-electron chi connectivity index (χ1n) is 11.5. The zero-order valence-electron chi connectivity index (χ0n) is 20.7. The molecular formula is C27H30ClN3O4S. The lowest BCUT2D eigenvalue weighted by Gasteiger charge is -2.32. The number of anilines is 1. The highest BCUT2D eigenvalue weighted by Crippen LogP contribution is 2.28. The van der Waals surface area contributed by atoms with Crippen LogP contribution in [0.5, 0.6) is 0 Å². The minimum atomic E-state index is -4.12. The Labute approximate surface area is 217 Å². The highest BCUT2D eigenvalue weighted by Gasteiger charge is 2.32. The smallest absolute Gasteiger partial charge is 0.264 e. The second-order valence-corrected chi connectivity index (χ2v) is 10.8. The van der Waals surface area contributed by atoms with Gasteiger partial charge in [-0.05, 0) is 61.7 Å². The molecular weight excluding hydrogens is 498 g/mol. The SMILES string of the molecule is CNC(=O)[C@H](C)N(Cc1ccccc1C)C(=O)CN(c1ccc(C)c(Cl)c1)S(=O)(=O)c1ccccc1. The summed E-state index contributed by atoms with van der Waals surface area (Å²) in [6.07, 6.45) is 0. The number of hydrogen-bond donors (Lipinski definition) is 1. The van der Waals surface area contributed by atoms with Crippen molar-refractivity contribution < 1.29 is 18.0 Å². The van der Waals surface area contributed by atoms with Crippen LogP contribution in [0.2, 0.25) is 5.02 Å². The lowest BCUT2D eigenvalue weighted by molar-refractivity contribution is -0.139. The normalized spacial score (nSPS) is 12.0. The van der Waals surface area contributed by atoms with Gasteiger partial charge in [-0.15, -0.1) is 0 Å². The Morgan fingerprint density at radius 2 is 1.58 bits per heavy atom. The molecule has 1 atom stereocenters. The van der Waals surface area contributed by atoms with Crippen LogP contribution in [-0.4, -0.2) is 44.8 Å². The monoisotopic (exact) mass is 527 g/mol. The molecule has 0 saturated carbocycles. The number of amides is 2. The third-order valence-electron chi connectivity index (χ3n) is 6.07. The van der Waals surface area contributed by atoms with E-state index >= 15 is 0 Å². The van der Waals surface area contributed by atoms with Gasteiger partial charge in [0.05, 0.1) is 10.6 Å². The fourth-order valence-corrected chi connectivity index (χ4v) is 5.35. The number of nitrogens with zero attached hydrogens (tertiary/aromatic N) is 2. The Balaban J connectivity index is 2.06. The Morgan fingerprint density at radius 1 is 0.944 bits per heavy atom. The second-order valence-electron chi connectivity index (χ2n) is 8.50. The number of aryl methyl sites for hydroxylation is 2. The summed E-state index contributed by atoms with van der Waals surface area (Å²) in [5.41, 5.74) is 2.85. The summed E-state index contributed by atoms with van der Waals surface area (Å²) in [4.78, 5) is 27.7. The van der Waals surface area contributed by atoms with Gasteiger partial charge < -0.3 is 10.2 Å². The number of rotatable bonds is 9. The summed E-state index contributed by atoms with van der Waals surface area (Å²) < 4.78 is 28.4. The number of sulfonamides is 1. The van der Waals surface area contributed by atoms with E-state index in [-0.39, 0.29) is 23.0 Å². The number of halogens is 1. The molecule has 0 saturated heterocycles. The number of benzene rings is 3. The first-order chi connectivity index (χ1) is 17.1. The summed E-state index contributed by atoms with van der Waals surface area (Å²) >= 11 is 6.32. The zero-order valence-corrected chi connectivity index (χ0v) is 22.3. The molecule has 3 aromatic rings. The van der Waals surface area contributed by atoms with Crippen molar-refractivity contribution in [1.82, 2.24) is 10.2 Å². The second kappa shape index (κ2) is 11.6. The lowest BCUT2D eigenvalue weighted by Crippen LogP contribution is -2.50. The van der Waals surface area contributed by atoms with Crippen molar-refractivity contribution in [3.05, 3.63) is 94.5 Å². The van der Waals surface area contributed by atoms with E-state index in [4.69, 9.17) is 11.6 Å². The maximum absolute atomic E-state index is 13.7. The first kappa shape index (κ1) is 27.2.